The van der Waals surface area contributed by atoms with Gasteiger partial charge in [0.2, 0.25) is 0 Å². The summed E-state index contributed by atoms with van der Waals surface area (Å²) in [6, 6.07) is 14.0. The highest BCUT2D eigenvalue weighted by Gasteiger charge is 2.16. The van der Waals surface area contributed by atoms with E-state index in [9.17, 15) is 4.79 Å². The van der Waals surface area contributed by atoms with Crippen LogP contribution in [-0.4, -0.2) is 15.7 Å². The molecule has 1 aromatic heterocycles. The molecule has 0 aliphatic rings. The van der Waals surface area contributed by atoms with Crippen LogP contribution in [0.25, 0.3) is 0 Å². The van der Waals surface area contributed by atoms with Crippen LogP contribution in [0.5, 0.6) is 0 Å². The number of carbonyl (C=O) groups excluding carboxylic acids is 1. The van der Waals surface area contributed by atoms with Crippen LogP contribution in [0.4, 0.5) is 5.69 Å². The molecule has 0 unspecified atom stereocenters. The Balaban J connectivity index is 1.85. The van der Waals surface area contributed by atoms with E-state index < -0.39 is 0 Å². The topological polar surface area (TPSA) is 46.9 Å². The maximum Gasteiger partial charge on any atom is 0.255 e. The summed E-state index contributed by atoms with van der Waals surface area (Å²) in [6.07, 6.45) is 0. The molecule has 0 fully saturated rings. The predicted molar refractivity (Wildman–Crippen MR) is 106 cm³/mol. The fourth-order valence-electron chi connectivity index (χ4n) is 3.05. The summed E-state index contributed by atoms with van der Waals surface area (Å²) in [4.78, 5) is 12.7. The van der Waals surface area contributed by atoms with E-state index in [0.717, 1.165) is 22.6 Å². The van der Waals surface area contributed by atoms with Crippen LogP contribution < -0.4 is 5.32 Å². The highest BCUT2D eigenvalue weighted by atomic mass is 16.1. The molecule has 3 rings (SSSR count). The molecule has 0 aliphatic carbocycles. The average molecular weight is 347 g/mol. The Morgan fingerprint density at radius 2 is 1.69 bits per heavy atom. The normalized spacial score (nSPS) is 10.8. The van der Waals surface area contributed by atoms with Gasteiger partial charge in [0.05, 0.1) is 23.6 Å². The maximum absolute atomic E-state index is 12.7. The lowest BCUT2D eigenvalue weighted by atomic mass is 10.1. The number of nitrogens with zero attached hydrogens (tertiary/aromatic N) is 2. The first-order chi connectivity index (χ1) is 12.4. The SMILES string of the molecule is Cc1ccc(C(=O)Nc2c(C)nn(Cc3ccccc3C)c2C)cc1C. The lowest BCUT2D eigenvalue weighted by Crippen LogP contribution is -2.13. The van der Waals surface area contributed by atoms with Crippen molar-refractivity contribution in [3.63, 3.8) is 0 Å². The zero-order chi connectivity index (χ0) is 18.8. The third-order valence-electron chi connectivity index (χ3n) is 4.97. The summed E-state index contributed by atoms with van der Waals surface area (Å²) in [7, 11) is 0. The molecule has 4 nitrogen and oxygen atoms in total. The Kier molecular flexibility index (Phi) is 4.94. The van der Waals surface area contributed by atoms with Crippen LogP contribution in [0, 0.1) is 34.6 Å². The van der Waals surface area contributed by atoms with Crippen molar-refractivity contribution in [3.8, 4) is 0 Å². The molecule has 0 aliphatic heterocycles. The quantitative estimate of drug-likeness (QED) is 0.742. The van der Waals surface area contributed by atoms with Crippen molar-refractivity contribution in [2.24, 2.45) is 0 Å². The summed E-state index contributed by atoms with van der Waals surface area (Å²) >= 11 is 0. The van der Waals surface area contributed by atoms with Gasteiger partial charge in [-0.25, -0.2) is 0 Å². The average Bonchev–Trinajstić information content (AvgIpc) is 2.87. The van der Waals surface area contributed by atoms with Gasteiger partial charge in [0.15, 0.2) is 0 Å². The van der Waals surface area contributed by atoms with Crippen molar-refractivity contribution in [2.45, 2.75) is 41.2 Å². The molecule has 0 bridgehead atoms. The molecular weight excluding hydrogens is 322 g/mol. The molecule has 1 amide bonds. The molecule has 0 saturated carbocycles. The van der Waals surface area contributed by atoms with Crippen LogP contribution in [0.3, 0.4) is 0 Å². The van der Waals surface area contributed by atoms with E-state index in [4.69, 9.17) is 0 Å². The van der Waals surface area contributed by atoms with E-state index in [-0.39, 0.29) is 5.91 Å². The summed E-state index contributed by atoms with van der Waals surface area (Å²) in [5.74, 6) is -0.102. The van der Waals surface area contributed by atoms with Crippen LogP contribution in [0.15, 0.2) is 42.5 Å². The van der Waals surface area contributed by atoms with Crippen LogP contribution in [0.2, 0.25) is 0 Å². The first kappa shape index (κ1) is 17.9. The molecule has 3 aromatic rings. The van der Waals surface area contributed by atoms with Gasteiger partial charge in [-0.1, -0.05) is 30.3 Å². The second-order valence-electron chi connectivity index (χ2n) is 6.88. The van der Waals surface area contributed by atoms with Crippen LogP contribution >= 0.6 is 0 Å². The van der Waals surface area contributed by atoms with Crippen molar-refractivity contribution in [3.05, 3.63) is 81.7 Å². The van der Waals surface area contributed by atoms with Crippen molar-refractivity contribution in [2.75, 3.05) is 5.32 Å². The summed E-state index contributed by atoms with van der Waals surface area (Å²) in [5, 5.41) is 7.67. The molecule has 0 radical (unpaired) electrons. The molecule has 1 N–H and O–H groups in total. The molecule has 0 saturated heterocycles. The maximum atomic E-state index is 12.7. The largest absolute Gasteiger partial charge is 0.319 e. The first-order valence-corrected chi connectivity index (χ1v) is 8.84. The highest BCUT2D eigenvalue weighted by Crippen LogP contribution is 2.22. The number of rotatable bonds is 4. The number of carbonyl (C=O) groups is 1. The Hall–Kier alpha value is -2.88. The van der Waals surface area contributed by atoms with E-state index in [2.05, 4.69) is 29.5 Å². The zero-order valence-corrected chi connectivity index (χ0v) is 16.1. The third kappa shape index (κ3) is 3.54. The molecule has 26 heavy (non-hydrogen) atoms. The minimum Gasteiger partial charge on any atom is -0.319 e. The van der Waals surface area contributed by atoms with Gasteiger partial charge in [0.25, 0.3) is 5.91 Å². The number of amides is 1. The summed E-state index contributed by atoms with van der Waals surface area (Å²) in [6.45, 7) is 10.8. The molecule has 134 valence electrons. The van der Waals surface area contributed by atoms with Crippen molar-refractivity contribution >= 4 is 11.6 Å². The van der Waals surface area contributed by atoms with Gasteiger partial charge in [0, 0.05) is 5.56 Å². The standard InChI is InChI=1S/C22H25N3O/c1-14-10-11-19(12-16(14)3)22(26)23-21-17(4)24-25(18(21)5)13-20-9-7-6-8-15(20)2/h6-12H,13H2,1-5H3,(H,23,26). The van der Waals surface area contributed by atoms with E-state index >= 15 is 0 Å². The van der Waals surface area contributed by atoms with Crippen molar-refractivity contribution < 1.29 is 4.79 Å². The van der Waals surface area contributed by atoms with Gasteiger partial charge in [0.1, 0.15) is 0 Å². The molecule has 0 spiro atoms. The Labute approximate surface area is 154 Å². The Bertz CT molecular complexity index is 970. The van der Waals surface area contributed by atoms with Crippen molar-refractivity contribution in [1.29, 1.82) is 0 Å². The fourth-order valence-corrected chi connectivity index (χ4v) is 3.05. The molecule has 2 aromatic carbocycles. The predicted octanol–water partition coefficient (Wildman–Crippen LogP) is 4.73. The van der Waals surface area contributed by atoms with Gasteiger partial charge in [-0.3, -0.25) is 9.48 Å². The third-order valence-corrected chi connectivity index (χ3v) is 4.97. The van der Waals surface area contributed by atoms with Crippen LogP contribution in [0.1, 0.15) is 44.0 Å². The van der Waals surface area contributed by atoms with Crippen molar-refractivity contribution in [1.82, 2.24) is 9.78 Å². The minimum absolute atomic E-state index is 0.102. The molecule has 4 heteroatoms. The van der Waals surface area contributed by atoms with E-state index in [1.807, 2.05) is 62.7 Å². The van der Waals surface area contributed by atoms with Gasteiger partial charge in [-0.15, -0.1) is 0 Å². The number of nitrogens with one attached hydrogen (secondary N) is 1. The number of benzene rings is 2. The van der Waals surface area contributed by atoms with Gasteiger partial charge in [-0.2, -0.15) is 5.10 Å². The summed E-state index contributed by atoms with van der Waals surface area (Å²) < 4.78 is 1.95. The Morgan fingerprint density at radius 1 is 0.962 bits per heavy atom. The lowest BCUT2D eigenvalue weighted by Gasteiger charge is -2.10. The van der Waals surface area contributed by atoms with Crippen LogP contribution in [-0.2, 0) is 6.54 Å². The lowest BCUT2D eigenvalue weighted by molar-refractivity contribution is 0.102. The molecular formula is C22H25N3O. The highest BCUT2D eigenvalue weighted by molar-refractivity contribution is 6.05. The second-order valence-corrected chi connectivity index (χ2v) is 6.88. The van der Waals surface area contributed by atoms with Gasteiger partial charge >= 0.3 is 0 Å². The monoisotopic (exact) mass is 347 g/mol. The van der Waals surface area contributed by atoms with E-state index in [1.54, 1.807) is 0 Å². The number of hydrogen-bond acceptors (Lipinski definition) is 2. The fraction of sp³-hybridized carbons (Fsp3) is 0.273. The second kappa shape index (κ2) is 7.16. The smallest absolute Gasteiger partial charge is 0.255 e. The Morgan fingerprint density at radius 3 is 2.38 bits per heavy atom. The minimum atomic E-state index is -0.102. The number of anilines is 1. The number of aryl methyl sites for hydroxylation is 4. The van der Waals surface area contributed by atoms with E-state index in [0.29, 0.717) is 12.1 Å². The molecule has 1 heterocycles. The zero-order valence-electron chi connectivity index (χ0n) is 16.1. The van der Waals surface area contributed by atoms with Gasteiger partial charge < -0.3 is 5.32 Å². The molecule has 0 atom stereocenters. The van der Waals surface area contributed by atoms with E-state index in [1.165, 1.54) is 16.7 Å². The summed E-state index contributed by atoms with van der Waals surface area (Å²) in [5.41, 5.74) is 8.00. The van der Waals surface area contributed by atoms with Gasteiger partial charge in [-0.05, 0) is 69.0 Å². The number of aromatic nitrogens is 2. The number of hydrogen-bond donors (Lipinski definition) is 1. The first-order valence-electron chi connectivity index (χ1n) is 8.84.